The van der Waals surface area contributed by atoms with Gasteiger partial charge in [0.25, 0.3) is 5.92 Å². The van der Waals surface area contributed by atoms with Crippen LogP contribution in [-0.2, 0) is 4.74 Å². The molecule has 0 aromatic rings. The zero-order valence-corrected chi connectivity index (χ0v) is 15.0. The molecule has 2 rings (SSSR count). The van der Waals surface area contributed by atoms with E-state index in [2.05, 4.69) is 0 Å². The zero-order chi connectivity index (χ0) is 17.7. The van der Waals surface area contributed by atoms with Crippen molar-refractivity contribution in [2.75, 3.05) is 6.61 Å². The minimum atomic E-state index is -2.62. The van der Waals surface area contributed by atoms with Crippen LogP contribution in [0.25, 0.3) is 0 Å². The molecular weight excluding hydrogens is 320 g/mol. The van der Waals surface area contributed by atoms with E-state index in [9.17, 15) is 17.6 Å². The lowest BCUT2D eigenvalue weighted by molar-refractivity contribution is -0.102. The molecule has 24 heavy (non-hydrogen) atoms. The summed E-state index contributed by atoms with van der Waals surface area (Å²) >= 11 is 0. The number of unbranched alkanes of at least 4 members (excludes halogenated alkanes) is 1. The first kappa shape index (κ1) is 20.0. The second-order valence-electron chi connectivity index (χ2n) is 7.62. The molecular formula is C19H32F4O. The second-order valence-corrected chi connectivity index (χ2v) is 7.62. The van der Waals surface area contributed by atoms with E-state index in [0.717, 1.165) is 12.8 Å². The van der Waals surface area contributed by atoms with Gasteiger partial charge in [-0.2, -0.15) is 0 Å². The Hall–Kier alpha value is -0.320. The van der Waals surface area contributed by atoms with Crippen molar-refractivity contribution in [3.63, 3.8) is 0 Å². The Kier molecular flexibility index (Phi) is 7.39. The van der Waals surface area contributed by atoms with Crippen molar-refractivity contribution < 1.29 is 22.3 Å². The number of ether oxygens (including phenoxy) is 1. The molecule has 142 valence electrons. The van der Waals surface area contributed by atoms with E-state index in [0.29, 0.717) is 45.1 Å². The van der Waals surface area contributed by atoms with Gasteiger partial charge in [-0.1, -0.05) is 20.3 Å². The standard InChI is InChI=1S/C19H32F4O/c1-3-5-12-24-16-11-10-15(17(20)18(16)21)13-6-8-14(9-7-13)19(22,23)4-2/h13-18H,3-12H2,1-2H3. The van der Waals surface area contributed by atoms with Crippen LogP contribution in [0, 0.1) is 17.8 Å². The average molecular weight is 352 g/mol. The highest BCUT2D eigenvalue weighted by Crippen LogP contribution is 2.46. The molecule has 4 unspecified atom stereocenters. The number of rotatable bonds is 7. The Morgan fingerprint density at radius 3 is 2.17 bits per heavy atom. The third-order valence-electron chi connectivity index (χ3n) is 6.13. The maximum atomic E-state index is 14.6. The molecule has 4 atom stereocenters. The van der Waals surface area contributed by atoms with Crippen molar-refractivity contribution in [1.82, 2.24) is 0 Å². The quantitative estimate of drug-likeness (QED) is 0.397. The van der Waals surface area contributed by atoms with Crippen molar-refractivity contribution in [3.05, 3.63) is 0 Å². The maximum absolute atomic E-state index is 14.6. The van der Waals surface area contributed by atoms with Crippen molar-refractivity contribution >= 4 is 0 Å². The van der Waals surface area contributed by atoms with E-state index in [1.807, 2.05) is 6.92 Å². The molecule has 1 nitrogen and oxygen atoms in total. The molecule has 2 aliphatic rings. The van der Waals surface area contributed by atoms with Crippen LogP contribution in [0.15, 0.2) is 0 Å². The van der Waals surface area contributed by atoms with Crippen molar-refractivity contribution in [2.45, 2.75) is 96.0 Å². The van der Waals surface area contributed by atoms with Crippen LogP contribution >= 0.6 is 0 Å². The minimum absolute atomic E-state index is 0.0405. The summed E-state index contributed by atoms with van der Waals surface area (Å²) in [6, 6.07) is 0. The van der Waals surface area contributed by atoms with E-state index < -0.39 is 30.3 Å². The summed E-state index contributed by atoms with van der Waals surface area (Å²) in [5, 5.41) is 0. The highest BCUT2D eigenvalue weighted by molar-refractivity contribution is 4.94. The summed E-state index contributed by atoms with van der Waals surface area (Å²) in [5.74, 6) is -3.50. The predicted molar refractivity (Wildman–Crippen MR) is 87.9 cm³/mol. The number of alkyl halides is 4. The van der Waals surface area contributed by atoms with Gasteiger partial charge in [0.2, 0.25) is 0 Å². The smallest absolute Gasteiger partial charge is 0.250 e. The largest absolute Gasteiger partial charge is 0.375 e. The van der Waals surface area contributed by atoms with Gasteiger partial charge in [-0.15, -0.1) is 0 Å². The van der Waals surface area contributed by atoms with Crippen LogP contribution in [-0.4, -0.2) is 31.0 Å². The summed E-state index contributed by atoms with van der Waals surface area (Å²) in [5.41, 5.74) is 0. The van der Waals surface area contributed by atoms with Gasteiger partial charge in [0, 0.05) is 18.9 Å². The third-order valence-corrected chi connectivity index (χ3v) is 6.13. The lowest BCUT2D eigenvalue weighted by Gasteiger charge is -2.42. The Morgan fingerprint density at radius 1 is 0.917 bits per heavy atom. The molecule has 0 spiro atoms. The Morgan fingerprint density at radius 2 is 1.58 bits per heavy atom. The highest BCUT2D eigenvalue weighted by Gasteiger charge is 2.46. The second kappa shape index (κ2) is 8.86. The maximum Gasteiger partial charge on any atom is 0.250 e. The third kappa shape index (κ3) is 4.64. The molecule has 5 heteroatoms. The van der Waals surface area contributed by atoms with Crippen LogP contribution < -0.4 is 0 Å². The number of hydrogen-bond donors (Lipinski definition) is 0. The molecule has 0 heterocycles. The van der Waals surface area contributed by atoms with E-state index in [1.54, 1.807) is 0 Å². The van der Waals surface area contributed by atoms with Crippen LogP contribution in [0.2, 0.25) is 0 Å². The molecule has 0 aromatic carbocycles. The van der Waals surface area contributed by atoms with Crippen LogP contribution in [0.5, 0.6) is 0 Å². The van der Waals surface area contributed by atoms with Crippen molar-refractivity contribution in [1.29, 1.82) is 0 Å². The fraction of sp³-hybridized carbons (Fsp3) is 1.00. The molecule has 0 radical (unpaired) electrons. The minimum Gasteiger partial charge on any atom is -0.375 e. The molecule has 2 aliphatic carbocycles. The normalized spacial score (nSPS) is 38.2. The van der Waals surface area contributed by atoms with E-state index in [4.69, 9.17) is 4.74 Å². The molecule has 2 saturated carbocycles. The van der Waals surface area contributed by atoms with Gasteiger partial charge < -0.3 is 4.74 Å². The predicted octanol–water partition coefficient (Wildman–Crippen LogP) is 6.11. The average Bonchev–Trinajstić information content (AvgIpc) is 2.59. The van der Waals surface area contributed by atoms with Gasteiger partial charge in [0.15, 0.2) is 6.17 Å². The van der Waals surface area contributed by atoms with Crippen molar-refractivity contribution in [3.8, 4) is 0 Å². The summed E-state index contributed by atoms with van der Waals surface area (Å²) in [7, 11) is 0. The molecule has 0 aliphatic heterocycles. The first-order valence-electron chi connectivity index (χ1n) is 9.68. The van der Waals surface area contributed by atoms with Gasteiger partial charge in [-0.25, -0.2) is 17.6 Å². The number of halogens is 4. The van der Waals surface area contributed by atoms with Crippen LogP contribution in [0.3, 0.4) is 0 Å². The first-order valence-corrected chi connectivity index (χ1v) is 9.68. The Balaban J connectivity index is 1.84. The molecule has 0 aromatic heterocycles. The van der Waals surface area contributed by atoms with Crippen molar-refractivity contribution in [2.24, 2.45) is 17.8 Å². The summed E-state index contributed by atoms with van der Waals surface area (Å²) in [6.45, 7) is 4.02. The van der Waals surface area contributed by atoms with Gasteiger partial charge >= 0.3 is 0 Å². The highest BCUT2D eigenvalue weighted by atomic mass is 19.3. The topological polar surface area (TPSA) is 9.23 Å². The zero-order valence-electron chi connectivity index (χ0n) is 15.0. The fourth-order valence-electron chi connectivity index (χ4n) is 4.42. The van der Waals surface area contributed by atoms with Crippen LogP contribution in [0.1, 0.15) is 71.6 Å². The van der Waals surface area contributed by atoms with E-state index in [1.165, 1.54) is 6.92 Å². The Labute approximate surface area is 143 Å². The van der Waals surface area contributed by atoms with Gasteiger partial charge in [0.05, 0.1) is 6.10 Å². The molecule has 0 bridgehead atoms. The van der Waals surface area contributed by atoms with Gasteiger partial charge in [-0.3, -0.25) is 0 Å². The Bertz CT molecular complexity index is 368. The van der Waals surface area contributed by atoms with E-state index in [-0.39, 0.29) is 18.3 Å². The molecule has 2 fully saturated rings. The molecule has 0 amide bonds. The lowest BCUT2D eigenvalue weighted by Crippen LogP contribution is -2.46. The SMILES string of the molecule is CCCCOC1CCC(C2CCC(C(F)(F)CC)CC2)C(F)C1F. The van der Waals surface area contributed by atoms with E-state index >= 15 is 0 Å². The fourth-order valence-corrected chi connectivity index (χ4v) is 4.42. The summed E-state index contributed by atoms with van der Waals surface area (Å²) < 4.78 is 62.0. The molecule has 0 N–H and O–H groups in total. The van der Waals surface area contributed by atoms with Gasteiger partial charge in [-0.05, 0) is 56.8 Å². The lowest BCUT2D eigenvalue weighted by atomic mass is 9.68. The van der Waals surface area contributed by atoms with Gasteiger partial charge in [0.1, 0.15) is 6.17 Å². The monoisotopic (exact) mass is 352 g/mol. The summed E-state index contributed by atoms with van der Waals surface area (Å²) in [4.78, 5) is 0. The molecule has 0 saturated heterocycles. The van der Waals surface area contributed by atoms with Crippen LogP contribution in [0.4, 0.5) is 17.6 Å². The first-order chi connectivity index (χ1) is 11.4. The number of hydrogen-bond acceptors (Lipinski definition) is 1. The summed E-state index contributed by atoms with van der Waals surface area (Å²) in [6.07, 6.45) is 1.18.